The van der Waals surface area contributed by atoms with E-state index in [4.69, 9.17) is 4.74 Å². The molecular formula is C22H25N3O3. The molecule has 0 aliphatic carbocycles. The topological polar surface area (TPSA) is 65.6 Å². The van der Waals surface area contributed by atoms with Crippen molar-refractivity contribution < 1.29 is 14.3 Å². The molecule has 0 saturated carbocycles. The van der Waals surface area contributed by atoms with Crippen molar-refractivity contribution in [1.82, 2.24) is 14.8 Å². The Bertz CT molecular complexity index is 1020. The van der Waals surface area contributed by atoms with Crippen LogP contribution in [0.2, 0.25) is 0 Å². The van der Waals surface area contributed by atoms with E-state index in [2.05, 4.69) is 11.1 Å². The molecule has 146 valence electrons. The zero-order valence-electron chi connectivity index (χ0n) is 16.5. The van der Waals surface area contributed by atoms with Crippen LogP contribution in [0, 0.1) is 0 Å². The maximum Gasteiger partial charge on any atom is 0.246 e. The lowest BCUT2D eigenvalue weighted by atomic mass is 9.87. The second-order valence-corrected chi connectivity index (χ2v) is 8.27. The molecule has 2 fully saturated rings. The number of methoxy groups -OCH3 is 1. The third-order valence-electron chi connectivity index (χ3n) is 6.33. The van der Waals surface area contributed by atoms with Gasteiger partial charge in [-0.05, 0) is 44.4 Å². The van der Waals surface area contributed by atoms with E-state index in [-0.39, 0.29) is 23.9 Å². The Hall–Kier alpha value is -2.76. The van der Waals surface area contributed by atoms with Crippen LogP contribution < -0.4 is 4.74 Å². The van der Waals surface area contributed by atoms with Crippen molar-refractivity contribution in [3.05, 3.63) is 41.1 Å². The number of ether oxygens (including phenoxy) is 1. The zero-order valence-corrected chi connectivity index (χ0v) is 16.5. The van der Waals surface area contributed by atoms with E-state index in [0.717, 1.165) is 46.3 Å². The molecule has 3 aliphatic heterocycles. The molecule has 2 amide bonds. The maximum atomic E-state index is 13.4. The first kappa shape index (κ1) is 17.3. The number of nitrogens with one attached hydrogen (secondary N) is 1. The van der Waals surface area contributed by atoms with Gasteiger partial charge in [0.15, 0.2) is 0 Å². The van der Waals surface area contributed by atoms with E-state index in [1.165, 1.54) is 0 Å². The van der Waals surface area contributed by atoms with Crippen LogP contribution in [-0.2, 0) is 16.0 Å². The molecule has 5 rings (SSSR count). The van der Waals surface area contributed by atoms with Crippen molar-refractivity contribution in [2.24, 2.45) is 0 Å². The van der Waals surface area contributed by atoms with Crippen LogP contribution in [0.4, 0.5) is 0 Å². The summed E-state index contributed by atoms with van der Waals surface area (Å²) < 4.78 is 5.37. The second kappa shape index (κ2) is 6.12. The predicted molar refractivity (Wildman–Crippen MR) is 106 cm³/mol. The summed E-state index contributed by atoms with van der Waals surface area (Å²) in [7, 11) is 1.65. The number of hydrogen-bond donors (Lipinski definition) is 1. The lowest BCUT2D eigenvalue weighted by molar-refractivity contribution is -0.162. The van der Waals surface area contributed by atoms with Crippen LogP contribution in [0.3, 0.4) is 0 Å². The maximum absolute atomic E-state index is 13.4. The van der Waals surface area contributed by atoms with Gasteiger partial charge in [-0.3, -0.25) is 9.59 Å². The van der Waals surface area contributed by atoms with Crippen molar-refractivity contribution in [2.75, 3.05) is 13.7 Å². The fraction of sp³-hybridized carbons (Fsp3) is 0.455. The number of allylic oxidation sites excluding steroid dienone is 1. The average molecular weight is 379 g/mol. The number of rotatable bonds is 2. The molecule has 2 saturated heterocycles. The van der Waals surface area contributed by atoms with Crippen LogP contribution in [0.15, 0.2) is 29.8 Å². The first-order chi connectivity index (χ1) is 13.5. The molecule has 4 heterocycles. The highest BCUT2D eigenvalue weighted by Crippen LogP contribution is 2.43. The first-order valence-corrected chi connectivity index (χ1v) is 9.95. The summed E-state index contributed by atoms with van der Waals surface area (Å²) in [4.78, 5) is 33.8. The Morgan fingerprint density at radius 1 is 1.21 bits per heavy atom. The van der Waals surface area contributed by atoms with Gasteiger partial charge in [0.05, 0.1) is 13.2 Å². The van der Waals surface area contributed by atoms with Crippen LogP contribution in [0.5, 0.6) is 5.75 Å². The minimum atomic E-state index is -0.420. The highest BCUT2D eigenvalue weighted by atomic mass is 16.5. The number of carbonyl (C=O) groups excluding carboxylic acids is 2. The average Bonchev–Trinajstić information content (AvgIpc) is 3.30. The van der Waals surface area contributed by atoms with Crippen molar-refractivity contribution in [3.8, 4) is 5.75 Å². The van der Waals surface area contributed by atoms with Crippen LogP contribution in [-0.4, -0.2) is 52.3 Å². The number of fused-ring (bicyclic) bond motifs is 5. The van der Waals surface area contributed by atoms with E-state index in [9.17, 15) is 9.59 Å². The minimum absolute atomic E-state index is 0.0893. The number of amides is 2. The Morgan fingerprint density at radius 2 is 2.04 bits per heavy atom. The Morgan fingerprint density at radius 3 is 2.79 bits per heavy atom. The standard InChI is InChI=1S/C22H25N3O3/c1-12(2)9-18-20-15(14-7-6-13(28-3)10-16(14)23-20)11-19-21(26)24-8-4-5-17(24)22(27)25(18)19/h6-7,9-10,17-19,23H,4-5,8,11H2,1-3H3/t17-,18-,19-/m1/s1. The molecule has 1 aromatic carbocycles. The quantitative estimate of drug-likeness (QED) is 0.816. The largest absolute Gasteiger partial charge is 0.497 e. The van der Waals surface area contributed by atoms with Gasteiger partial charge >= 0.3 is 0 Å². The van der Waals surface area contributed by atoms with Crippen LogP contribution in [0.1, 0.15) is 44.0 Å². The van der Waals surface area contributed by atoms with E-state index >= 15 is 0 Å². The molecule has 0 radical (unpaired) electrons. The molecule has 1 aromatic heterocycles. The number of aromatic nitrogens is 1. The van der Waals surface area contributed by atoms with Crippen molar-refractivity contribution in [2.45, 2.75) is 51.2 Å². The Kier molecular flexibility index (Phi) is 3.79. The third-order valence-corrected chi connectivity index (χ3v) is 6.33. The van der Waals surface area contributed by atoms with Crippen LogP contribution >= 0.6 is 0 Å². The number of carbonyl (C=O) groups is 2. The molecule has 2 aromatic rings. The van der Waals surface area contributed by atoms with Gasteiger partial charge in [0.25, 0.3) is 0 Å². The number of benzene rings is 1. The van der Waals surface area contributed by atoms with Crippen LogP contribution in [0.25, 0.3) is 10.9 Å². The summed E-state index contributed by atoms with van der Waals surface area (Å²) in [5.41, 5.74) is 4.27. The zero-order chi connectivity index (χ0) is 19.6. The van der Waals surface area contributed by atoms with Gasteiger partial charge in [0.2, 0.25) is 11.8 Å². The number of aromatic amines is 1. The molecule has 0 bridgehead atoms. The summed E-state index contributed by atoms with van der Waals surface area (Å²) in [6.07, 6.45) is 4.34. The number of H-pyrrole nitrogens is 1. The summed E-state index contributed by atoms with van der Waals surface area (Å²) in [5.74, 6) is 0.977. The minimum Gasteiger partial charge on any atom is -0.497 e. The first-order valence-electron chi connectivity index (χ1n) is 9.95. The van der Waals surface area contributed by atoms with Gasteiger partial charge in [-0.15, -0.1) is 0 Å². The molecule has 3 atom stereocenters. The smallest absolute Gasteiger partial charge is 0.246 e. The summed E-state index contributed by atoms with van der Waals surface area (Å²) in [6, 6.07) is 5.03. The third kappa shape index (κ3) is 2.33. The van der Waals surface area contributed by atoms with Gasteiger partial charge in [0, 0.05) is 35.6 Å². The van der Waals surface area contributed by atoms with Crippen molar-refractivity contribution in [1.29, 1.82) is 0 Å². The van der Waals surface area contributed by atoms with E-state index in [1.54, 1.807) is 7.11 Å². The lowest BCUT2D eigenvalue weighted by Crippen LogP contribution is -2.65. The molecule has 6 heteroatoms. The Balaban J connectivity index is 1.70. The number of nitrogens with zero attached hydrogens (tertiary/aromatic N) is 2. The summed E-state index contributed by atoms with van der Waals surface area (Å²) in [6.45, 7) is 4.77. The van der Waals surface area contributed by atoms with Gasteiger partial charge in [-0.1, -0.05) is 11.6 Å². The van der Waals surface area contributed by atoms with Gasteiger partial charge in [-0.25, -0.2) is 0 Å². The molecular weight excluding hydrogens is 354 g/mol. The SMILES string of the molecule is COc1ccc2c3c([nH]c2c1)[C@@H](C=C(C)C)N1C(=O)[C@H]2CCCN2C(=O)[C@H]1C3. The molecule has 28 heavy (non-hydrogen) atoms. The fourth-order valence-electron chi connectivity index (χ4n) is 5.11. The number of piperazine rings is 1. The molecule has 0 unspecified atom stereocenters. The fourth-order valence-corrected chi connectivity index (χ4v) is 5.11. The van der Waals surface area contributed by atoms with Gasteiger partial charge in [-0.2, -0.15) is 0 Å². The molecule has 0 spiro atoms. The highest BCUT2D eigenvalue weighted by Gasteiger charge is 2.52. The monoisotopic (exact) mass is 379 g/mol. The molecule has 6 nitrogen and oxygen atoms in total. The predicted octanol–water partition coefficient (Wildman–Crippen LogP) is 2.94. The Labute approximate surface area is 164 Å². The van der Waals surface area contributed by atoms with E-state index < -0.39 is 6.04 Å². The molecule has 1 N–H and O–H groups in total. The highest BCUT2D eigenvalue weighted by molar-refractivity contribution is 5.99. The van der Waals surface area contributed by atoms with E-state index in [1.807, 2.05) is 41.8 Å². The van der Waals surface area contributed by atoms with Gasteiger partial charge < -0.3 is 19.5 Å². The summed E-state index contributed by atoms with van der Waals surface area (Å²) >= 11 is 0. The number of hydrogen-bond acceptors (Lipinski definition) is 3. The molecule has 3 aliphatic rings. The normalized spacial score (nSPS) is 26.2. The summed E-state index contributed by atoms with van der Waals surface area (Å²) in [5, 5.41) is 1.10. The second-order valence-electron chi connectivity index (χ2n) is 8.27. The lowest BCUT2D eigenvalue weighted by Gasteiger charge is -2.47. The van der Waals surface area contributed by atoms with Crippen molar-refractivity contribution in [3.63, 3.8) is 0 Å². The van der Waals surface area contributed by atoms with Gasteiger partial charge in [0.1, 0.15) is 17.8 Å². The van der Waals surface area contributed by atoms with E-state index in [0.29, 0.717) is 13.0 Å². The van der Waals surface area contributed by atoms with Crippen molar-refractivity contribution >= 4 is 22.7 Å².